The number of unbranched alkanes of at least 4 members (excludes halogenated alkanes) is 1. The Kier molecular flexibility index (Phi) is 10.2. The van der Waals surface area contributed by atoms with Gasteiger partial charge in [0, 0.05) is 12.1 Å². The van der Waals surface area contributed by atoms with Gasteiger partial charge in [-0.2, -0.15) is 0 Å². The molecule has 3 N–H and O–H groups in total. The molecular formula is C27H36ClN3O5. The lowest BCUT2D eigenvalue weighted by Gasteiger charge is -2.32. The van der Waals surface area contributed by atoms with E-state index < -0.39 is 29.6 Å². The number of rotatable bonds is 9. The summed E-state index contributed by atoms with van der Waals surface area (Å²) in [6.07, 6.45) is 0.637. The van der Waals surface area contributed by atoms with Crippen LogP contribution in [0.1, 0.15) is 63.3 Å². The molecule has 0 bridgehead atoms. The van der Waals surface area contributed by atoms with Crippen molar-refractivity contribution >= 4 is 35.2 Å². The van der Waals surface area contributed by atoms with Gasteiger partial charge in [0.2, 0.25) is 5.91 Å². The first kappa shape index (κ1) is 29.0. The summed E-state index contributed by atoms with van der Waals surface area (Å²) in [5, 5.41) is 16.5. The van der Waals surface area contributed by atoms with E-state index in [1.807, 2.05) is 19.9 Å². The number of phenolic OH excluding ortho intramolecular Hbond substituents is 1. The Labute approximate surface area is 218 Å². The molecule has 0 aliphatic rings. The van der Waals surface area contributed by atoms with Gasteiger partial charge >= 0.3 is 6.09 Å². The molecule has 0 saturated carbocycles. The predicted octanol–water partition coefficient (Wildman–Crippen LogP) is 5.50. The minimum atomic E-state index is -1.17. The SMILES string of the molecule is CCCCN(C(=O)CNC(=O)OC(C)(C)C)C(C(=O)Nc1c(C)cccc1Cl)c1cccc(C)c1O. The maximum absolute atomic E-state index is 13.7. The summed E-state index contributed by atoms with van der Waals surface area (Å²) in [5.41, 5.74) is 1.29. The quantitative estimate of drug-likeness (QED) is 0.407. The number of aryl methyl sites for hydroxylation is 2. The number of phenols is 1. The van der Waals surface area contributed by atoms with Crippen LogP contribution < -0.4 is 10.6 Å². The van der Waals surface area contributed by atoms with E-state index in [1.165, 1.54) is 4.90 Å². The molecule has 9 heteroatoms. The topological polar surface area (TPSA) is 108 Å². The third kappa shape index (κ3) is 7.88. The van der Waals surface area contributed by atoms with Crippen molar-refractivity contribution in [3.05, 3.63) is 58.1 Å². The minimum Gasteiger partial charge on any atom is -0.507 e. The molecule has 2 aromatic rings. The molecule has 1 unspecified atom stereocenters. The number of nitrogens with zero attached hydrogens (tertiary/aromatic N) is 1. The van der Waals surface area contributed by atoms with Gasteiger partial charge in [-0.05, 0) is 58.2 Å². The summed E-state index contributed by atoms with van der Waals surface area (Å²) >= 11 is 6.34. The lowest BCUT2D eigenvalue weighted by Crippen LogP contribution is -2.47. The fourth-order valence-electron chi connectivity index (χ4n) is 3.62. The van der Waals surface area contributed by atoms with Crippen LogP contribution in [0.4, 0.5) is 10.5 Å². The second-order valence-corrected chi connectivity index (χ2v) is 10.0. The number of halogens is 1. The smallest absolute Gasteiger partial charge is 0.408 e. The number of anilines is 1. The molecule has 0 fully saturated rings. The molecule has 0 aliphatic carbocycles. The normalized spacial score (nSPS) is 12.0. The van der Waals surface area contributed by atoms with E-state index in [1.54, 1.807) is 58.0 Å². The average Bonchev–Trinajstić information content (AvgIpc) is 2.78. The van der Waals surface area contributed by atoms with Gasteiger partial charge in [0.1, 0.15) is 23.9 Å². The van der Waals surface area contributed by atoms with Crippen molar-refractivity contribution in [1.29, 1.82) is 0 Å². The largest absolute Gasteiger partial charge is 0.507 e. The first-order valence-corrected chi connectivity index (χ1v) is 12.3. The van der Waals surface area contributed by atoms with Crippen molar-refractivity contribution in [2.24, 2.45) is 0 Å². The molecule has 0 radical (unpaired) electrons. The standard InChI is InChI=1S/C27H36ClN3O5/c1-7-8-15-31(21(32)16-29-26(35)36-27(4,5)6)23(19-13-9-12-18(3)24(19)33)25(34)30-22-17(2)11-10-14-20(22)28/h9-14,23,33H,7-8,15-16H2,1-6H3,(H,29,35)(H,30,34). The monoisotopic (exact) mass is 517 g/mol. The van der Waals surface area contributed by atoms with Gasteiger partial charge < -0.3 is 25.4 Å². The summed E-state index contributed by atoms with van der Waals surface area (Å²) in [4.78, 5) is 40.6. The highest BCUT2D eigenvalue weighted by atomic mass is 35.5. The van der Waals surface area contributed by atoms with Gasteiger partial charge in [-0.3, -0.25) is 9.59 Å². The third-order valence-electron chi connectivity index (χ3n) is 5.45. The molecule has 0 heterocycles. The van der Waals surface area contributed by atoms with E-state index in [4.69, 9.17) is 16.3 Å². The molecule has 196 valence electrons. The fourth-order valence-corrected chi connectivity index (χ4v) is 3.89. The van der Waals surface area contributed by atoms with Crippen LogP contribution in [0.2, 0.25) is 5.02 Å². The zero-order valence-electron chi connectivity index (χ0n) is 21.8. The van der Waals surface area contributed by atoms with Gasteiger partial charge in [-0.25, -0.2) is 4.79 Å². The second-order valence-electron chi connectivity index (χ2n) is 9.63. The van der Waals surface area contributed by atoms with Crippen molar-refractivity contribution in [3.8, 4) is 5.75 Å². The molecule has 0 aromatic heterocycles. The van der Waals surface area contributed by atoms with Gasteiger partial charge in [0.05, 0.1) is 10.7 Å². The van der Waals surface area contributed by atoms with Crippen molar-refractivity contribution in [2.75, 3.05) is 18.4 Å². The van der Waals surface area contributed by atoms with Gasteiger partial charge in [-0.1, -0.05) is 55.3 Å². The van der Waals surface area contributed by atoms with E-state index in [0.717, 1.165) is 12.0 Å². The number of ether oxygens (including phenoxy) is 1. The first-order chi connectivity index (χ1) is 16.9. The summed E-state index contributed by atoms with van der Waals surface area (Å²) in [6, 6.07) is 9.12. The Morgan fingerprint density at radius 1 is 1.08 bits per heavy atom. The molecule has 0 spiro atoms. The number of para-hydroxylation sites is 2. The number of amides is 3. The van der Waals surface area contributed by atoms with Crippen LogP contribution in [-0.2, 0) is 14.3 Å². The Bertz CT molecular complexity index is 1080. The van der Waals surface area contributed by atoms with Gasteiger partial charge in [-0.15, -0.1) is 0 Å². The van der Waals surface area contributed by atoms with E-state index in [-0.39, 0.29) is 24.4 Å². The Balaban J connectivity index is 2.46. The Morgan fingerprint density at radius 3 is 2.33 bits per heavy atom. The van der Waals surface area contributed by atoms with Crippen molar-refractivity contribution in [3.63, 3.8) is 0 Å². The number of alkyl carbamates (subject to hydrolysis) is 1. The number of nitrogens with one attached hydrogen (secondary N) is 2. The number of aromatic hydroxyl groups is 1. The number of hydrogen-bond donors (Lipinski definition) is 3. The van der Waals surface area contributed by atoms with E-state index in [2.05, 4.69) is 10.6 Å². The van der Waals surface area contributed by atoms with E-state index >= 15 is 0 Å². The second kappa shape index (κ2) is 12.6. The predicted molar refractivity (Wildman–Crippen MR) is 141 cm³/mol. The number of carbonyl (C=O) groups is 3. The molecule has 0 saturated heterocycles. The molecule has 36 heavy (non-hydrogen) atoms. The highest BCUT2D eigenvalue weighted by Gasteiger charge is 2.34. The summed E-state index contributed by atoms with van der Waals surface area (Å²) < 4.78 is 5.23. The summed E-state index contributed by atoms with van der Waals surface area (Å²) in [7, 11) is 0. The van der Waals surface area contributed by atoms with Gasteiger partial charge in [0.15, 0.2) is 0 Å². The Hall–Kier alpha value is -3.26. The molecule has 2 aromatic carbocycles. The molecule has 1 atom stereocenters. The number of carbonyl (C=O) groups excluding carboxylic acids is 3. The summed E-state index contributed by atoms with van der Waals surface area (Å²) in [6.45, 7) is 10.5. The van der Waals surface area contributed by atoms with Crippen LogP contribution in [0.3, 0.4) is 0 Å². The zero-order valence-corrected chi connectivity index (χ0v) is 22.5. The van der Waals surface area contributed by atoms with Crippen LogP contribution in [0.5, 0.6) is 5.75 Å². The van der Waals surface area contributed by atoms with Crippen LogP contribution in [-0.4, -0.2) is 46.6 Å². The molecule has 0 aliphatic heterocycles. The highest BCUT2D eigenvalue weighted by molar-refractivity contribution is 6.34. The van der Waals surface area contributed by atoms with Crippen molar-refractivity contribution in [2.45, 2.75) is 66.0 Å². The first-order valence-electron chi connectivity index (χ1n) is 12.0. The summed E-state index contributed by atoms with van der Waals surface area (Å²) in [5.74, 6) is -1.11. The zero-order chi connectivity index (χ0) is 27.0. The lowest BCUT2D eigenvalue weighted by atomic mass is 9.99. The maximum Gasteiger partial charge on any atom is 0.408 e. The highest BCUT2D eigenvalue weighted by Crippen LogP contribution is 2.34. The van der Waals surface area contributed by atoms with Crippen LogP contribution in [0, 0.1) is 13.8 Å². The average molecular weight is 518 g/mol. The van der Waals surface area contributed by atoms with Gasteiger partial charge in [0.25, 0.3) is 5.91 Å². The van der Waals surface area contributed by atoms with E-state index in [0.29, 0.717) is 22.7 Å². The van der Waals surface area contributed by atoms with Crippen LogP contribution in [0.25, 0.3) is 0 Å². The number of benzene rings is 2. The van der Waals surface area contributed by atoms with Crippen molar-refractivity contribution < 1.29 is 24.2 Å². The van der Waals surface area contributed by atoms with E-state index in [9.17, 15) is 19.5 Å². The molecule has 2 rings (SSSR count). The molecular weight excluding hydrogens is 482 g/mol. The fraction of sp³-hybridized carbons (Fsp3) is 0.444. The maximum atomic E-state index is 13.7. The Morgan fingerprint density at radius 2 is 1.72 bits per heavy atom. The molecule has 8 nitrogen and oxygen atoms in total. The molecule has 3 amide bonds. The number of hydrogen-bond acceptors (Lipinski definition) is 5. The lowest BCUT2D eigenvalue weighted by molar-refractivity contribution is -0.138. The third-order valence-corrected chi connectivity index (χ3v) is 5.76. The van der Waals surface area contributed by atoms with Crippen LogP contribution in [0.15, 0.2) is 36.4 Å². The van der Waals surface area contributed by atoms with Crippen LogP contribution >= 0.6 is 11.6 Å². The van der Waals surface area contributed by atoms with Crippen molar-refractivity contribution in [1.82, 2.24) is 10.2 Å². The minimum absolute atomic E-state index is 0.0806.